The van der Waals surface area contributed by atoms with E-state index in [-0.39, 0.29) is 0 Å². The largest absolute Gasteiger partial charge is 0.450 e. The first kappa shape index (κ1) is 10.4. The molecule has 6 nitrogen and oxygen atoms in total. The molecule has 0 aliphatic rings. The SMILES string of the molecule is CCOC(=O)Nc1cn2nccc(C)c2n1. The molecule has 0 radical (unpaired) electrons. The number of carbonyl (C=O) groups excluding carboxylic acids is 1. The van der Waals surface area contributed by atoms with Gasteiger partial charge in [-0.25, -0.2) is 14.3 Å². The Balaban J connectivity index is 2.26. The molecule has 0 bridgehead atoms. The second-order valence-electron chi connectivity index (χ2n) is 3.25. The van der Waals surface area contributed by atoms with Crippen LogP contribution < -0.4 is 5.32 Å². The van der Waals surface area contributed by atoms with Crippen molar-refractivity contribution in [3.63, 3.8) is 0 Å². The Hall–Kier alpha value is -2.11. The molecule has 1 N–H and O–H groups in total. The summed E-state index contributed by atoms with van der Waals surface area (Å²) < 4.78 is 6.36. The average Bonchev–Trinajstić information content (AvgIpc) is 2.62. The second-order valence-corrected chi connectivity index (χ2v) is 3.25. The third-order valence-electron chi connectivity index (χ3n) is 2.06. The molecule has 0 unspecified atom stereocenters. The zero-order valence-corrected chi connectivity index (χ0v) is 9.10. The van der Waals surface area contributed by atoms with Crippen molar-refractivity contribution in [2.24, 2.45) is 0 Å². The van der Waals surface area contributed by atoms with Crippen LogP contribution in [-0.4, -0.2) is 27.3 Å². The Morgan fingerprint density at radius 2 is 2.44 bits per heavy atom. The number of hydrogen-bond acceptors (Lipinski definition) is 4. The maximum atomic E-state index is 11.2. The van der Waals surface area contributed by atoms with Gasteiger partial charge in [0.15, 0.2) is 11.5 Å². The van der Waals surface area contributed by atoms with Crippen LogP contribution in [0, 0.1) is 6.92 Å². The lowest BCUT2D eigenvalue weighted by molar-refractivity contribution is 0.168. The standard InChI is InChI=1S/C10H12N4O2/c1-3-16-10(15)13-8-6-14-9(12-8)7(2)4-5-11-14/h4-6H,3H2,1-2H3,(H,13,15). The second kappa shape index (κ2) is 4.18. The van der Waals surface area contributed by atoms with E-state index in [0.29, 0.717) is 18.1 Å². The van der Waals surface area contributed by atoms with Crippen LogP contribution in [0.4, 0.5) is 10.6 Å². The summed E-state index contributed by atoms with van der Waals surface area (Å²) in [5, 5.41) is 6.60. The van der Waals surface area contributed by atoms with Crippen molar-refractivity contribution in [2.75, 3.05) is 11.9 Å². The number of anilines is 1. The zero-order valence-electron chi connectivity index (χ0n) is 9.10. The van der Waals surface area contributed by atoms with Crippen molar-refractivity contribution in [1.29, 1.82) is 0 Å². The van der Waals surface area contributed by atoms with E-state index in [9.17, 15) is 4.79 Å². The number of hydrogen-bond donors (Lipinski definition) is 1. The van der Waals surface area contributed by atoms with Gasteiger partial charge in [-0.2, -0.15) is 5.10 Å². The number of imidazole rings is 1. The summed E-state index contributed by atoms with van der Waals surface area (Å²) in [5.41, 5.74) is 1.71. The number of fused-ring (bicyclic) bond motifs is 1. The molecule has 2 aromatic heterocycles. The molecule has 0 aliphatic carbocycles. The quantitative estimate of drug-likeness (QED) is 0.834. The number of aryl methyl sites for hydroxylation is 1. The van der Waals surface area contributed by atoms with Gasteiger partial charge in [-0.05, 0) is 25.5 Å². The predicted molar refractivity (Wildman–Crippen MR) is 58.4 cm³/mol. The molecule has 2 heterocycles. The lowest BCUT2D eigenvalue weighted by Crippen LogP contribution is -2.13. The molecule has 0 saturated carbocycles. The van der Waals surface area contributed by atoms with E-state index in [0.717, 1.165) is 5.56 Å². The number of ether oxygens (including phenoxy) is 1. The molecular formula is C10H12N4O2. The Morgan fingerprint density at radius 3 is 3.12 bits per heavy atom. The highest BCUT2D eigenvalue weighted by Crippen LogP contribution is 2.11. The molecule has 16 heavy (non-hydrogen) atoms. The molecule has 84 valence electrons. The number of nitrogens with zero attached hydrogens (tertiary/aromatic N) is 3. The molecular weight excluding hydrogens is 208 g/mol. The monoisotopic (exact) mass is 220 g/mol. The third-order valence-corrected chi connectivity index (χ3v) is 2.06. The van der Waals surface area contributed by atoms with Crippen molar-refractivity contribution >= 4 is 17.6 Å². The van der Waals surface area contributed by atoms with Crippen LogP contribution in [0.1, 0.15) is 12.5 Å². The summed E-state index contributed by atoms with van der Waals surface area (Å²) >= 11 is 0. The molecule has 0 aromatic carbocycles. The topological polar surface area (TPSA) is 68.5 Å². The van der Waals surface area contributed by atoms with Gasteiger partial charge < -0.3 is 4.74 Å². The summed E-state index contributed by atoms with van der Waals surface area (Å²) in [6, 6.07) is 1.86. The van der Waals surface area contributed by atoms with Crippen molar-refractivity contribution in [3.05, 3.63) is 24.0 Å². The third kappa shape index (κ3) is 1.95. The molecule has 2 aromatic rings. The van der Waals surface area contributed by atoms with E-state index in [4.69, 9.17) is 4.74 Å². The summed E-state index contributed by atoms with van der Waals surface area (Å²) in [6.07, 6.45) is 2.81. The summed E-state index contributed by atoms with van der Waals surface area (Å²) in [7, 11) is 0. The molecule has 0 spiro atoms. The van der Waals surface area contributed by atoms with Gasteiger partial charge >= 0.3 is 6.09 Å². The Bertz CT molecular complexity index is 521. The number of rotatable bonds is 2. The van der Waals surface area contributed by atoms with Gasteiger partial charge in [-0.1, -0.05) is 0 Å². The van der Waals surface area contributed by atoms with Crippen molar-refractivity contribution in [3.8, 4) is 0 Å². The lowest BCUT2D eigenvalue weighted by Gasteiger charge is -1.99. The molecule has 0 aliphatic heterocycles. The summed E-state index contributed by atoms with van der Waals surface area (Å²) in [6.45, 7) is 4.00. The maximum absolute atomic E-state index is 11.2. The zero-order chi connectivity index (χ0) is 11.5. The van der Waals surface area contributed by atoms with Crippen LogP contribution in [-0.2, 0) is 4.74 Å². The minimum atomic E-state index is -0.511. The minimum Gasteiger partial charge on any atom is -0.450 e. The van der Waals surface area contributed by atoms with Crippen molar-refractivity contribution in [1.82, 2.24) is 14.6 Å². The normalized spacial score (nSPS) is 10.4. The number of amides is 1. The smallest absolute Gasteiger partial charge is 0.412 e. The first-order valence-corrected chi connectivity index (χ1v) is 4.95. The van der Waals surface area contributed by atoms with E-state index in [1.807, 2.05) is 13.0 Å². The van der Waals surface area contributed by atoms with Gasteiger partial charge in [0, 0.05) is 6.20 Å². The van der Waals surface area contributed by atoms with Gasteiger partial charge in [-0.15, -0.1) is 0 Å². The first-order valence-electron chi connectivity index (χ1n) is 4.95. The van der Waals surface area contributed by atoms with Crippen LogP contribution in [0.5, 0.6) is 0 Å². The fourth-order valence-corrected chi connectivity index (χ4v) is 1.35. The van der Waals surface area contributed by atoms with E-state index in [1.54, 1.807) is 23.8 Å². The van der Waals surface area contributed by atoms with Crippen LogP contribution in [0.3, 0.4) is 0 Å². The molecule has 6 heteroatoms. The van der Waals surface area contributed by atoms with Crippen LogP contribution in [0.15, 0.2) is 18.5 Å². The van der Waals surface area contributed by atoms with Crippen molar-refractivity contribution in [2.45, 2.75) is 13.8 Å². The summed E-state index contributed by atoms with van der Waals surface area (Å²) in [4.78, 5) is 15.4. The number of aromatic nitrogens is 3. The highest BCUT2D eigenvalue weighted by molar-refractivity contribution is 5.83. The Kier molecular flexibility index (Phi) is 2.72. The van der Waals surface area contributed by atoms with E-state index in [2.05, 4.69) is 15.4 Å². The Morgan fingerprint density at radius 1 is 1.62 bits per heavy atom. The van der Waals surface area contributed by atoms with E-state index < -0.39 is 6.09 Å². The van der Waals surface area contributed by atoms with Gasteiger partial charge in [-0.3, -0.25) is 5.32 Å². The predicted octanol–water partition coefficient (Wildman–Crippen LogP) is 1.61. The van der Waals surface area contributed by atoms with Crippen LogP contribution in [0.2, 0.25) is 0 Å². The fraction of sp³-hybridized carbons (Fsp3) is 0.300. The van der Waals surface area contributed by atoms with Crippen LogP contribution >= 0.6 is 0 Å². The Labute approximate surface area is 92.2 Å². The maximum Gasteiger partial charge on any atom is 0.412 e. The molecule has 1 amide bonds. The minimum absolute atomic E-state index is 0.330. The van der Waals surface area contributed by atoms with E-state index in [1.165, 1.54) is 0 Å². The average molecular weight is 220 g/mol. The summed E-state index contributed by atoms with van der Waals surface area (Å²) in [5.74, 6) is 0.431. The number of carbonyl (C=O) groups is 1. The highest BCUT2D eigenvalue weighted by atomic mass is 16.5. The van der Waals surface area contributed by atoms with Gasteiger partial charge in [0.2, 0.25) is 0 Å². The van der Waals surface area contributed by atoms with Crippen molar-refractivity contribution < 1.29 is 9.53 Å². The molecule has 0 fully saturated rings. The first-order chi connectivity index (χ1) is 7.70. The van der Waals surface area contributed by atoms with Gasteiger partial charge in [0.1, 0.15) is 0 Å². The lowest BCUT2D eigenvalue weighted by atomic mass is 10.3. The van der Waals surface area contributed by atoms with Crippen LogP contribution in [0.25, 0.3) is 5.65 Å². The fourth-order valence-electron chi connectivity index (χ4n) is 1.35. The molecule has 2 rings (SSSR count). The van der Waals surface area contributed by atoms with E-state index >= 15 is 0 Å². The highest BCUT2D eigenvalue weighted by Gasteiger charge is 2.07. The van der Waals surface area contributed by atoms with Gasteiger partial charge in [0.25, 0.3) is 0 Å². The van der Waals surface area contributed by atoms with Gasteiger partial charge in [0.05, 0.1) is 12.8 Å². The number of nitrogens with one attached hydrogen (secondary N) is 1. The molecule has 0 atom stereocenters. The molecule has 0 saturated heterocycles.